The highest BCUT2D eigenvalue weighted by Crippen LogP contribution is 2.08. The van der Waals surface area contributed by atoms with Gasteiger partial charge in [-0.25, -0.2) is 4.57 Å². The van der Waals surface area contributed by atoms with Crippen molar-refractivity contribution in [2.24, 2.45) is 0 Å². The van der Waals surface area contributed by atoms with Gasteiger partial charge in [0.1, 0.15) is 6.54 Å². The van der Waals surface area contributed by atoms with Crippen molar-refractivity contribution in [3.8, 4) is 0 Å². The Labute approximate surface area is 113 Å². The lowest BCUT2D eigenvalue weighted by atomic mass is 10.1. The molecule has 0 fully saturated rings. The molecule has 0 spiro atoms. The number of pyridine rings is 1. The Bertz CT molecular complexity index is 330. The number of aromatic nitrogens is 1. The Morgan fingerprint density at radius 2 is 1.50 bits per heavy atom. The highest BCUT2D eigenvalue weighted by Gasteiger charge is 2.06. The van der Waals surface area contributed by atoms with Crippen LogP contribution in [0.2, 0.25) is 0 Å². The topological polar surface area (TPSA) is 3.88 Å². The van der Waals surface area contributed by atoms with Gasteiger partial charge in [-0.3, -0.25) is 0 Å². The van der Waals surface area contributed by atoms with E-state index in [0.29, 0.717) is 0 Å². The van der Waals surface area contributed by atoms with Gasteiger partial charge in [-0.1, -0.05) is 46.5 Å². The lowest BCUT2D eigenvalue weighted by molar-refractivity contribution is -0.697. The minimum atomic E-state index is 1.15. The van der Waals surface area contributed by atoms with E-state index in [0.717, 1.165) is 12.8 Å². The third kappa shape index (κ3) is 5.20. The quantitative estimate of drug-likeness (QED) is 0.449. The minimum Gasteiger partial charge on any atom is -0.205 e. The molecule has 18 heavy (non-hydrogen) atoms. The van der Waals surface area contributed by atoms with Gasteiger partial charge in [-0.05, 0) is 24.8 Å². The predicted octanol–water partition coefficient (Wildman–Crippen LogP) is 4.46. The molecule has 0 bridgehead atoms. The summed E-state index contributed by atoms with van der Waals surface area (Å²) in [6.45, 7) is 7.96. The van der Waals surface area contributed by atoms with Gasteiger partial charge < -0.3 is 0 Å². The number of rotatable bonds is 9. The van der Waals surface area contributed by atoms with Gasteiger partial charge in [-0.2, -0.15) is 0 Å². The standard InChI is InChI=1S/C17H30N/c1-4-7-8-9-10-11-13-18-14-12-16(5-2)17(6-3)15-18/h12,14-15H,4-11,13H2,1-3H3/q+1. The van der Waals surface area contributed by atoms with Crippen LogP contribution >= 0.6 is 0 Å². The molecule has 1 nitrogen and oxygen atoms in total. The summed E-state index contributed by atoms with van der Waals surface area (Å²) in [6.07, 6.45) is 15.2. The van der Waals surface area contributed by atoms with Crippen LogP contribution in [0, 0.1) is 0 Å². The summed E-state index contributed by atoms with van der Waals surface area (Å²) in [5.74, 6) is 0. The second-order valence-electron chi connectivity index (χ2n) is 5.21. The molecule has 0 radical (unpaired) electrons. The van der Waals surface area contributed by atoms with E-state index in [2.05, 4.69) is 43.8 Å². The average molecular weight is 248 g/mol. The Kier molecular flexibility index (Phi) is 7.71. The molecule has 0 saturated carbocycles. The number of aryl methyl sites for hydroxylation is 3. The average Bonchev–Trinajstić information content (AvgIpc) is 2.42. The zero-order chi connectivity index (χ0) is 13.2. The number of unbranched alkanes of at least 4 members (excludes halogenated alkanes) is 5. The van der Waals surface area contributed by atoms with Crippen LogP contribution in [0.5, 0.6) is 0 Å². The molecule has 0 aliphatic rings. The fourth-order valence-corrected chi connectivity index (χ4v) is 2.50. The highest BCUT2D eigenvalue weighted by molar-refractivity contribution is 5.20. The fraction of sp³-hybridized carbons (Fsp3) is 0.706. The molecule has 1 heteroatoms. The van der Waals surface area contributed by atoms with Crippen molar-refractivity contribution < 1.29 is 4.57 Å². The van der Waals surface area contributed by atoms with Gasteiger partial charge in [-0.15, -0.1) is 0 Å². The van der Waals surface area contributed by atoms with E-state index in [-0.39, 0.29) is 0 Å². The van der Waals surface area contributed by atoms with Crippen molar-refractivity contribution in [2.75, 3.05) is 0 Å². The van der Waals surface area contributed by atoms with Crippen molar-refractivity contribution in [1.82, 2.24) is 0 Å². The molecule has 1 aromatic heterocycles. The zero-order valence-corrected chi connectivity index (χ0v) is 12.5. The summed E-state index contributed by atoms with van der Waals surface area (Å²) in [5.41, 5.74) is 3.03. The lowest BCUT2D eigenvalue weighted by Gasteiger charge is -2.04. The van der Waals surface area contributed by atoms with Crippen LogP contribution in [0.25, 0.3) is 0 Å². The second-order valence-corrected chi connectivity index (χ2v) is 5.21. The van der Waals surface area contributed by atoms with Crippen molar-refractivity contribution in [3.05, 3.63) is 29.6 Å². The molecule has 0 unspecified atom stereocenters. The zero-order valence-electron chi connectivity index (χ0n) is 12.5. The van der Waals surface area contributed by atoms with Crippen LogP contribution in [-0.4, -0.2) is 0 Å². The van der Waals surface area contributed by atoms with Crippen LogP contribution < -0.4 is 4.57 Å². The summed E-state index contributed by atoms with van der Waals surface area (Å²) in [6, 6.07) is 2.30. The smallest absolute Gasteiger partial charge is 0.172 e. The summed E-state index contributed by atoms with van der Waals surface area (Å²) < 4.78 is 2.37. The van der Waals surface area contributed by atoms with Crippen LogP contribution in [0.1, 0.15) is 70.4 Å². The van der Waals surface area contributed by atoms with E-state index in [9.17, 15) is 0 Å². The maximum absolute atomic E-state index is 2.37. The van der Waals surface area contributed by atoms with Crippen molar-refractivity contribution >= 4 is 0 Å². The molecular weight excluding hydrogens is 218 g/mol. The summed E-state index contributed by atoms with van der Waals surface area (Å²) in [4.78, 5) is 0. The Morgan fingerprint density at radius 1 is 0.833 bits per heavy atom. The lowest BCUT2D eigenvalue weighted by Crippen LogP contribution is -2.33. The first-order chi connectivity index (χ1) is 8.81. The van der Waals surface area contributed by atoms with Gasteiger partial charge in [0.2, 0.25) is 0 Å². The van der Waals surface area contributed by atoms with Crippen molar-refractivity contribution in [2.45, 2.75) is 78.7 Å². The monoisotopic (exact) mass is 248 g/mol. The maximum atomic E-state index is 2.37. The number of hydrogen-bond acceptors (Lipinski definition) is 0. The molecule has 0 saturated heterocycles. The molecule has 1 rings (SSSR count). The molecule has 1 aromatic rings. The second kappa shape index (κ2) is 9.13. The van der Waals surface area contributed by atoms with E-state index < -0.39 is 0 Å². The summed E-state index contributed by atoms with van der Waals surface area (Å²) in [7, 11) is 0. The Hall–Kier alpha value is -0.850. The SMILES string of the molecule is CCCCCCCC[n+]1ccc(CC)c(CC)c1. The molecule has 0 aliphatic carbocycles. The largest absolute Gasteiger partial charge is 0.205 e. The molecule has 0 atom stereocenters. The van der Waals surface area contributed by atoms with Crippen LogP contribution in [0.4, 0.5) is 0 Å². The van der Waals surface area contributed by atoms with E-state index >= 15 is 0 Å². The Balaban J connectivity index is 2.34. The van der Waals surface area contributed by atoms with E-state index in [1.54, 1.807) is 0 Å². The van der Waals surface area contributed by atoms with Gasteiger partial charge in [0.15, 0.2) is 12.4 Å². The Morgan fingerprint density at radius 3 is 2.17 bits per heavy atom. The minimum absolute atomic E-state index is 1.15. The number of nitrogens with zero attached hydrogens (tertiary/aromatic N) is 1. The van der Waals surface area contributed by atoms with Gasteiger partial charge in [0, 0.05) is 18.1 Å². The van der Waals surface area contributed by atoms with E-state index in [1.807, 2.05) is 0 Å². The molecule has 0 amide bonds. The van der Waals surface area contributed by atoms with E-state index in [1.165, 1.54) is 56.2 Å². The molecule has 102 valence electrons. The van der Waals surface area contributed by atoms with Gasteiger partial charge in [0.25, 0.3) is 0 Å². The molecule has 0 aromatic carbocycles. The maximum Gasteiger partial charge on any atom is 0.172 e. The van der Waals surface area contributed by atoms with Crippen LogP contribution in [-0.2, 0) is 19.4 Å². The van der Waals surface area contributed by atoms with Crippen molar-refractivity contribution in [1.29, 1.82) is 0 Å². The molecule has 0 aliphatic heterocycles. The third-order valence-corrected chi connectivity index (χ3v) is 3.73. The van der Waals surface area contributed by atoms with Crippen LogP contribution in [0.3, 0.4) is 0 Å². The fourth-order valence-electron chi connectivity index (χ4n) is 2.50. The van der Waals surface area contributed by atoms with Crippen molar-refractivity contribution in [3.63, 3.8) is 0 Å². The number of hydrogen-bond donors (Lipinski definition) is 0. The predicted molar refractivity (Wildman–Crippen MR) is 78.8 cm³/mol. The molecule has 0 N–H and O–H groups in total. The first-order valence-corrected chi connectivity index (χ1v) is 7.82. The van der Waals surface area contributed by atoms with Gasteiger partial charge >= 0.3 is 0 Å². The first kappa shape index (κ1) is 15.2. The third-order valence-electron chi connectivity index (χ3n) is 3.73. The normalized spacial score (nSPS) is 10.8. The van der Waals surface area contributed by atoms with Gasteiger partial charge in [0.05, 0.1) is 0 Å². The molecular formula is C17H30N+. The summed E-state index contributed by atoms with van der Waals surface area (Å²) in [5, 5.41) is 0. The molecule has 1 heterocycles. The van der Waals surface area contributed by atoms with Crippen LogP contribution in [0.15, 0.2) is 18.5 Å². The first-order valence-electron chi connectivity index (χ1n) is 7.82. The summed E-state index contributed by atoms with van der Waals surface area (Å²) >= 11 is 0. The van der Waals surface area contributed by atoms with E-state index in [4.69, 9.17) is 0 Å². The highest BCUT2D eigenvalue weighted by atomic mass is 14.9.